The first-order valence-electron chi connectivity index (χ1n) is 11.0. The van der Waals surface area contributed by atoms with Crippen molar-refractivity contribution in [3.8, 4) is 5.69 Å². The van der Waals surface area contributed by atoms with Crippen molar-refractivity contribution in [1.29, 1.82) is 0 Å². The van der Waals surface area contributed by atoms with Gasteiger partial charge in [0, 0.05) is 36.9 Å². The molecule has 0 spiro atoms. The summed E-state index contributed by atoms with van der Waals surface area (Å²) >= 11 is 5.82. The number of benzene rings is 1. The summed E-state index contributed by atoms with van der Waals surface area (Å²) in [5.41, 5.74) is 5.95. The molecule has 31 heavy (non-hydrogen) atoms. The number of ether oxygens (including phenoxy) is 1. The second kappa shape index (κ2) is 8.44. The predicted molar refractivity (Wildman–Crippen MR) is 126 cm³/mol. The highest BCUT2D eigenvalue weighted by molar-refractivity contribution is 7.80. The molecule has 0 saturated carbocycles. The number of nitrogens with one attached hydrogen (secondary N) is 1. The van der Waals surface area contributed by atoms with Crippen LogP contribution in [0, 0.1) is 13.8 Å². The predicted octanol–water partition coefficient (Wildman–Crippen LogP) is 4.64. The molecule has 2 aliphatic rings. The van der Waals surface area contributed by atoms with Crippen LogP contribution in [0.4, 0.5) is 0 Å². The van der Waals surface area contributed by atoms with Crippen molar-refractivity contribution in [2.45, 2.75) is 44.9 Å². The fourth-order valence-corrected chi connectivity index (χ4v) is 4.99. The van der Waals surface area contributed by atoms with Crippen LogP contribution >= 0.6 is 12.2 Å². The minimum Gasteiger partial charge on any atom is -0.376 e. The summed E-state index contributed by atoms with van der Waals surface area (Å²) in [5.74, 6) is 0. The molecular formula is C25H28N4OS. The first kappa shape index (κ1) is 20.2. The number of rotatable bonds is 5. The summed E-state index contributed by atoms with van der Waals surface area (Å²) in [6.45, 7) is 5.94. The topological polar surface area (TPSA) is 42.3 Å². The van der Waals surface area contributed by atoms with Gasteiger partial charge in [-0.05, 0) is 86.4 Å². The van der Waals surface area contributed by atoms with E-state index >= 15 is 0 Å². The van der Waals surface area contributed by atoms with Gasteiger partial charge < -0.3 is 19.5 Å². The zero-order chi connectivity index (χ0) is 21.4. The van der Waals surface area contributed by atoms with Crippen LogP contribution in [0.15, 0.2) is 60.9 Å². The molecule has 0 radical (unpaired) electrons. The van der Waals surface area contributed by atoms with Crippen LogP contribution in [0.25, 0.3) is 5.69 Å². The van der Waals surface area contributed by atoms with Gasteiger partial charge in [0.15, 0.2) is 5.11 Å². The lowest BCUT2D eigenvalue weighted by Crippen LogP contribution is -2.36. The summed E-state index contributed by atoms with van der Waals surface area (Å²) in [5, 5.41) is 4.33. The van der Waals surface area contributed by atoms with E-state index in [1.54, 1.807) is 0 Å². The molecule has 5 nitrogen and oxygen atoms in total. The number of thiocarbonyl (C=S) groups is 1. The van der Waals surface area contributed by atoms with E-state index in [-0.39, 0.29) is 18.2 Å². The molecule has 2 aliphatic heterocycles. The van der Waals surface area contributed by atoms with E-state index in [1.807, 2.05) is 18.3 Å². The smallest absolute Gasteiger partial charge is 0.170 e. The Labute approximate surface area is 189 Å². The molecule has 1 aromatic carbocycles. The fourth-order valence-electron chi connectivity index (χ4n) is 4.68. The van der Waals surface area contributed by atoms with E-state index in [2.05, 4.69) is 76.2 Å². The molecule has 0 unspecified atom stereocenters. The molecule has 160 valence electrons. The van der Waals surface area contributed by atoms with Crippen molar-refractivity contribution in [1.82, 2.24) is 19.8 Å². The highest BCUT2D eigenvalue weighted by atomic mass is 32.1. The standard InChI is InChI=1S/C25H28N4OS/c1-17-10-11-19(15-18(17)2)28-13-5-9-22(28)24-23(21-8-3-4-12-26-21)27-25(31)29(24)16-20-7-6-14-30-20/h3-5,8-13,15,20,23-24H,6-7,14,16H2,1-2H3,(H,27,31)/t20-,23-,24+/m0/s1. The van der Waals surface area contributed by atoms with Crippen LogP contribution in [-0.2, 0) is 4.74 Å². The van der Waals surface area contributed by atoms with E-state index in [1.165, 1.54) is 16.8 Å². The van der Waals surface area contributed by atoms with Gasteiger partial charge in [-0.15, -0.1) is 0 Å². The van der Waals surface area contributed by atoms with Gasteiger partial charge in [-0.25, -0.2) is 0 Å². The average molecular weight is 433 g/mol. The van der Waals surface area contributed by atoms with Gasteiger partial charge in [0.25, 0.3) is 0 Å². The highest BCUT2D eigenvalue weighted by Crippen LogP contribution is 2.40. The van der Waals surface area contributed by atoms with E-state index in [9.17, 15) is 0 Å². The summed E-state index contributed by atoms with van der Waals surface area (Å²) in [4.78, 5) is 6.96. The first-order valence-corrected chi connectivity index (χ1v) is 11.4. The molecular weight excluding hydrogens is 404 g/mol. The lowest BCUT2D eigenvalue weighted by molar-refractivity contribution is 0.0836. The Morgan fingerprint density at radius 3 is 2.77 bits per heavy atom. The number of pyridine rings is 1. The van der Waals surface area contributed by atoms with Gasteiger partial charge >= 0.3 is 0 Å². The molecule has 2 saturated heterocycles. The Morgan fingerprint density at radius 1 is 1.13 bits per heavy atom. The maximum atomic E-state index is 5.96. The van der Waals surface area contributed by atoms with Gasteiger partial charge in [-0.3, -0.25) is 4.98 Å². The second-order valence-corrected chi connectivity index (χ2v) is 8.87. The van der Waals surface area contributed by atoms with Gasteiger partial charge in [-0.1, -0.05) is 12.1 Å². The fraction of sp³-hybridized carbons (Fsp3) is 0.360. The lowest BCUT2D eigenvalue weighted by atomic mass is 10.0. The van der Waals surface area contributed by atoms with Gasteiger partial charge in [0.2, 0.25) is 0 Å². The molecule has 4 heterocycles. The minimum atomic E-state index is -0.0182. The molecule has 3 aromatic rings. The van der Waals surface area contributed by atoms with E-state index < -0.39 is 0 Å². The Morgan fingerprint density at radius 2 is 2.03 bits per heavy atom. The summed E-state index contributed by atoms with van der Waals surface area (Å²) in [6.07, 6.45) is 6.40. The van der Waals surface area contributed by atoms with Crippen molar-refractivity contribution in [3.63, 3.8) is 0 Å². The molecule has 0 aliphatic carbocycles. The number of hydrogen-bond acceptors (Lipinski definition) is 3. The average Bonchev–Trinajstić information content (AvgIpc) is 3.52. The number of aromatic nitrogens is 2. The molecule has 5 rings (SSSR count). The summed E-state index contributed by atoms with van der Waals surface area (Å²) < 4.78 is 8.25. The quantitative estimate of drug-likeness (QED) is 0.595. The minimum absolute atomic E-state index is 0.0182. The molecule has 0 amide bonds. The molecule has 0 bridgehead atoms. The van der Waals surface area contributed by atoms with Gasteiger partial charge in [-0.2, -0.15) is 0 Å². The maximum absolute atomic E-state index is 5.96. The largest absolute Gasteiger partial charge is 0.376 e. The monoisotopic (exact) mass is 432 g/mol. The summed E-state index contributed by atoms with van der Waals surface area (Å²) in [6, 6.07) is 17.0. The highest BCUT2D eigenvalue weighted by Gasteiger charge is 2.42. The number of nitrogens with zero attached hydrogens (tertiary/aromatic N) is 3. The Balaban J connectivity index is 1.57. The molecule has 6 heteroatoms. The summed E-state index contributed by atoms with van der Waals surface area (Å²) in [7, 11) is 0. The zero-order valence-electron chi connectivity index (χ0n) is 18.0. The molecule has 2 fully saturated rings. The van der Waals surface area contributed by atoms with Crippen LogP contribution in [0.2, 0.25) is 0 Å². The maximum Gasteiger partial charge on any atom is 0.170 e. The lowest BCUT2D eigenvalue weighted by Gasteiger charge is -2.30. The van der Waals surface area contributed by atoms with Crippen LogP contribution in [0.5, 0.6) is 0 Å². The normalized spacial score (nSPS) is 23.4. The van der Waals surface area contributed by atoms with Crippen LogP contribution in [0.1, 0.15) is 47.4 Å². The zero-order valence-corrected chi connectivity index (χ0v) is 18.8. The number of aryl methyl sites for hydroxylation is 2. The van der Waals surface area contributed by atoms with Gasteiger partial charge in [0.05, 0.1) is 23.9 Å². The number of hydrogen-bond donors (Lipinski definition) is 1. The Hall–Kier alpha value is -2.70. The third kappa shape index (κ3) is 3.86. The third-order valence-corrected chi connectivity index (χ3v) is 6.83. The van der Waals surface area contributed by atoms with E-state index in [0.29, 0.717) is 0 Å². The van der Waals surface area contributed by atoms with Crippen LogP contribution in [-0.4, -0.2) is 38.8 Å². The molecule has 1 N–H and O–H groups in total. The second-order valence-electron chi connectivity index (χ2n) is 8.49. The Bertz CT molecular complexity index is 1070. The Kier molecular flexibility index (Phi) is 5.50. The van der Waals surface area contributed by atoms with Crippen molar-refractivity contribution in [3.05, 3.63) is 83.4 Å². The SMILES string of the molecule is Cc1ccc(-n2cccc2[C@@H]2[C@H](c3ccccn3)NC(=S)N2C[C@@H]2CCCO2)cc1C. The van der Waals surface area contributed by atoms with Crippen LogP contribution < -0.4 is 5.32 Å². The van der Waals surface area contributed by atoms with Gasteiger partial charge in [0.1, 0.15) is 0 Å². The van der Waals surface area contributed by atoms with Crippen molar-refractivity contribution < 1.29 is 4.74 Å². The van der Waals surface area contributed by atoms with Crippen molar-refractivity contribution in [2.75, 3.05) is 13.2 Å². The third-order valence-electron chi connectivity index (χ3n) is 6.47. The van der Waals surface area contributed by atoms with Crippen molar-refractivity contribution in [2.24, 2.45) is 0 Å². The van der Waals surface area contributed by atoms with Crippen molar-refractivity contribution >= 4 is 17.3 Å². The molecule has 2 aromatic heterocycles. The van der Waals surface area contributed by atoms with Crippen LogP contribution in [0.3, 0.4) is 0 Å². The van der Waals surface area contributed by atoms with E-state index in [4.69, 9.17) is 17.0 Å². The first-order chi connectivity index (χ1) is 15.1. The van der Waals surface area contributed by atoms with E-state index in [0.717, 1.165) is 42.5 Å². The molecule has 3 atom stereocenters.